The zero-order valence-electron chi connectivity index (χ0n) is 20.8. The molecule has 0 bridgehead atoms. The van der Waals surface area contributed by atoms with Crippen molar-refractivity contribution in [3.05, 3.63) is 100 Å². The number of hydrogen-bond donors (Lipinski definition) is 1. The lowest BCUT2D eigenvalue weighted by Crippen LogP contribution is -2.38. The molecule has 1 fully saturated rings. The van der Waals surface area contributed by atoms with Crippen LogP contribution in [0, 0.1) is 24.6 Å². The molecule has 1 amide bonds. The number of carbonyl (C=O) groups excluding carboxylic acids is 1. The molecule has 196 valence electrons. The molecule has 0 spiro atoms. The van der Waals surface area contributed by atoms with Crippen molar-refractivity contribution in [2.45, 2.75) is 50.0 Å². The van der Waals surface area contributed by atoms with Crippen LogP contribution in [0.2, 0.25) is 5.02 Å². The molecule has 1 aliphatic rings. The van der Waals surface area contributed by atoms with Gasteiger partial charge in [0.25, 0.3) is 0 Å². The van der Waals surface area contributed by atoms with Crippen LogP contribution in [-0.2, 0) is 21.4 Å². The van der Waals surface area contributed by atoms with Gasteiger partial charge in [-0.05, 0) is 67.7 Å². The molecule has 8 heteroatoms. The summed E-state index contributed by atoms with van der Waals surface area (Å²) in [6.07, 6.45) is 3.02. The van der Waals surface area contributed by atoms with Gasteiger partial charge >= 0.3 is 0 Å². The molecule has 0 saturated heterocycles. The molecule has 0 radical (unpaired) electrons. The first-order valence-electron chi connectivity index (χ1n) is 12.5. The zero-order chi connectivity index (χ0) is 26.6. The summed E-state index contributed by atoms with van der Waals surface area (Å²) in [6, 6.07) is 21.2. The molecule has 1 atom stereocenters. The van der Waals surface area contributed by atoms with E-state index in [4.69, 9.17) is 17.3 Å². The van der Waals surface area contributed by atoms with E-state index in [2.05, 4.69) is 0 Å². The summed E-state index contributed by atoms with van der Waals surface area (Å²) in [4.78, 5) is 12.0. The molecule has 2 N–H and O–H groups in total. The third-order valence-electron chi connectivity index (χ3n) is 7.30. The Morgan fingerprint density at radius 3 is 2.27 bits per heavy atom. The van der Waals surface area contributed by atoms with Gasteiger partial charge in [0.05, 0.1) is 10.9 Å². The summed E-state index contributed by atoms with van der Waals surface area (Å²) in [7, 11) is -4.14. The van der Waals surface area contributed by atoms with E-state index in [1.54, 1.807) is 0 Å². The molecule has 1 saturated carbocycles. The Bertz CT molecular complexity index is 1330. The fraction of sp³-hybridized carbons (Fsp3) is 0.345. The Morgan fingerprint density at radius 2 is 1.65 bits per heavy atom. The normalized spacial score (nSPS) is 19.0. The van der Waals surface area contributed by atoms with Crippen molar-refractivity contribution >= 4 is 27.5 Å². The second-order valence-electron chi connectivity index (χ2n) is 9.91. The smallest absolute Gasteiger partial charge is 0.246 e. The average Bonchev–Trinajstić information content (AvgIpc) is 2.88. The van der Waals surface area contributed by atoms with Crippen LogP contribution in [0.5, 0.6) is 0 Å². The second-order valence-corrected chi connectivity index (χ2v) is 12.2. The summed E-state index contributed by atoms with van der Waals surface area (Å²) < 4.78 is 43.4. The summed E-state index contributed by atoms with van der Waals surface area (Å²) in [5.74, 6) is -1.47. The number of hydrogen-bond acceptors (Lipinski definition) is 3. The molecular formula is C29H32ClFN2O3S. The lowest BCUT2D eigenvalue weighted by Gasteiger charge is -2.35. The van der Waals surface area contributed by atoms with Gasteiger partial charge in [0, 0.05) is 13.1 Å². The predicted molar refractivity (Wildman–Crippen MR) is 144 cm³/mol. The maximum atomic E-state index is 14.8. The van der Waals surface area contributed by atoms with Crippen molar-refractivity contribution in [2.75, 3.05) is 6.54 Å². The van der Waals surface area contributed by atoms with Crippen LogP contribution < -0.4 is 5.73 Å². The van der Waals surface area contributed by atoms with Crippen molar-refractivity contribution < 1.29 is 17.6 Å². The molecule has 1 unspecified atom stereocenters. The molecule has 37 heavy (non-hydrogen) atoms. The minimum atomic E-state index is -4.14. The van der Waals surface area contributed by atoms with Gasteiger partial charge in [0.1, 0.15) is 4.90 Å². The molecule has 0 heterocycles. The highest BCUT2D eigenvalue weighted by molar-refractivity contribution is 7.89. The van der Waals surface area contributed by atoms with Crippen molar-refractivity contribution in [3.8, 4) is 0 Å². The van der Waals surface area contributed by atoms with Crippen LogP contribution >= 0.6 is 11.6 Å². The largest absolute Gasteiger partial charge is 0.369 e. The Balaban J connectivity index is 1.53. The Kier molecular flexibility index (Phi) is 8.67. The van der Waals surface area contributed by atoms with Crippen LogP contribution in [0.4, 0.5) is 4.39 Å². The van der Waals surface area contributed by atoms with E-state index in [-0.39, 0.29) is 41.8 Å². The number of benzene rings is 3. The van der Waals surface area contributed by atoms with Crippen molar-refractivity contribution in [3.63, 3.8) is 0 Å². The third-order valence-corrected chi connectivity index (χ3v) is 9.42. The summed E-state index contributed by atoms with van der Waals surface area (Å²) in [5, 5.41) is -0.227. The third kappa shape index (κ3) is 6.40. The predicted octanol–water partition coefficient (Wildman–Crippen LogP) is 6.05. The highest BCUT2D eigenvalue weighted by Gasteiger charge is 2.35. The number of nitrogens with zero attached hydrogens (tertiary/aromatic N) is 1. The quantitative estimate of drug-likeness (QED) is 0.357. The number of nitrogens with two attached hydrogens (primary N) is 1. The van der Waals surface area contributed by atoms with Gasteiger partial charge in [-0.3, -0.25) is 4.79 Å². The van der Waals surface area contributed by atoms with E-state index >= 15 is 0 Å². The van der Waals surface area contributed by atoms with Gasteiger partial charge < -0.3 is 5.73 Å². The highest BCUT2D eigenvalue weighted by Crippen LogP contribution is 2.39. The Labute approximate surface area is 223 Å². The van der Waals surface area contributed by atoms with Crippen LogP contribution in [-0.4, -0.2) is 25.2 Å². The maximum absolute atomic E-state index is 14.8. The average molecular weight is 543 g/mol. The number of primary amides is 1. The fourth-order valence-corrected chi connectivity index (χ4v) is 7.11. The summed E-state index contributed by atoms with van der Waals surface area (Å²) in [5.41, 5.74) is 8.67. The lowest BCUT2D eigenvalue weighted by atomic mass is 9.73. The molecular weight excluding hydrogens is 511 g/mol. The van der Waals surface area contributed by atoms with E-state index in [0.29, 0.717) is 0 Å². The minimum Gasteiger partial charge on any atom is -0.369 e. The summed E-state index contributed by atoms with van der Waals surface area (Å²) >= 11 is 5.91. The van der Waals surface area contributed by atoms with Crippen LogP contribution in [0.1, 0.15) is 48.3 Å². The molecule has 1 aliphatic carbocycles. The van der Waals surface area contributed by atoms with Gasteiger partial charge in [-0.1, -0.05) is 77.8 Å². The monoisotopic (exact) mass is 542 g/mol. The highest BCUT2D eigenvalue weighted by atomic mass is 35.5. The number of aryl methyl sites for hydroxylation is 1. The maximum Gasteiger partial charge on any atom is 0.246 e. The number of halogens is 2. The van der Waals surface area contributed by atoms with Crippen molar-refractivity contribution in [1.29, 1.82) is 0 Å². The minimum absolute atomic E-state index is 0.0727. The van der Waals surface area contributed by atoms with Gasteiger partial charge in [-0.15, -0.1) is 0 Å². The second kappa shape index (κ2) is 11.8. The van der Waals surface area contributed by atoms with E-state index in [9.17, 15) is 17.6 Å². The van der Waals surface area contributed by atoms with Crippen LogP contribution in [0.3, 0.4) is 0 Å². The van der Waals surface area contributed by atoms with E-state index < -0.39 is 20.7 Å². The Hall–Kier alpha value is -2.74. The topological polar surface area (TPSA) is 80.5 Å². The van der Waals surface area contributed by atoms with E-state index in [0.717, 1.165) is 42.4 Å². The lowest BCUT2D eigenvalue weighted by molar-refractivity contribution is -0.121. The molecule has 3 aromatic rings. The number of amides is 1. The van der Waals surface area contributed by atoms with Crippen LogP contribution in [0.15, 0.2) is 77.7 Å². The zero-order valence-corrected chi connectivity index (χ0v) is 22.4. The van der Waals surface area contributed by atoms with Gasteiger partial charge in [-0.25, -0.2) is 12.8 Å². The SMILES string of the molecule is Cc1ccc(C(C(N)=O)C2CCC(CN(Cc3ccccc3)S(=O)(=O)c3cccc(Cl)c3F)CC2)cc1. The fourth-order valence-electron chi connectivity index (χ4n) is 5.29. The van der Waals surface area contributed by atoms with Gasteiger partial charge in [-0.2, -0.15) is 4.31 Å². The molecule has 0 aliphatic heterocycles. The van der Waals surface area contributed by atoms with Gasteiger partial charge in [0.2, 0.25) is 15.9 Å². The standard InChI is InChI=1S/C29H32ClFN2O3S/c1-20-10-14-23(15-11-20)27(29(32)34)24-16-12-22(13-17-24)19-33(18-21-6-3-2-4-7-21)37(35,36)26-9-5-8-25(30)28(26)31/h2-11,14-15,22,24,27H,12-13,16-19H2,1H3,(H2,32,34). The van der Waals surface area contributed by atoms with Gasteiger partial charge in [0.15, 0.2) is 5.82 Å². The molecule has 5 nitrogen and oxygen atoms in total. The molecule has 3 aromatic carbocycles. The molecule has 0 aromatic heterocycles. The first-order valence-corrected chi connectivity index (χ1v) is 14.3. The summed E-state index contributed by atoms with van der Waals surface area (Å²) in [6.45, 7) is 2.38. The number of sulfonamides is 1. The molecule has 4 rings (SSSR count). The number of rotatable bonds is 9. The van der Waals surface area contributed by atoms with E-state index in [1.165, 1.54) is 22.5 Å². The first-order chi connectivity index (χ1) is 17.7. The van der Waals surface area contributed by atoms with Crippen LogP contribution in [0.25, 0.3) is 0 Å². The number of carbonyl (C=O) groups is 1. The van der Waals surface area contributed by atoms with Crippen molar-refractivity contribution in [2.24, 2.45) is 17.6 Å². The van der Waals surface area contributed by atoms with Crippen molar-refractivity contribution in [1.82, 2.24) is 4.31 Å². The van der Waals surface area contributed by atoms with E-state index in [1.807, 2.05) is 61.5 Å². The first kappa shape index (κ1) is 27.3. The Morgan fingerprint density at radius 1 is 1.00 bits per heavy atom.